The van der Waals surface area contributed by atoms with Gasteiger partial charge in [-0.05, 0) is 0 Å². The minimum atomic E-state index is -0.549. The number of aromatic nitrogens is 1. The maximum Gasteiger partial charge on any atom is 0.251 e. The molecule has 1 aromatic heterocycles. The van der Waals surface area contributed by atoms with Crippen LogP contribution < -0.4 is 5.32 Å². The maximum absolute atomic E-state index is 10.4. The van der Waals surface area contributed by atoms with Gasteiger partial charge in [0.05, 0.1) is 0 Å². The second kappa shape index (κ2) is 2.98. The SMILES string of the molecule is O=C(CO)Nc1ccon1. The molecule has 0 aliphatic carbocycles. The summed E-state index contributed by atoms with van der Waals surface area (Å²) in [6, 6.07) is 1.48. The number of aliphatic hydroxyl groups excluding tert-OH is 1. The Kier molecular flexibility index (Phi) is 2.01. The van der Waals surface area contributed by atoms with E-state index in [9.17, 15) is 4.79 Å². The number of hydrogen-bond donors (Lipinski definition) is 2. The minimum Gasteiger partial charge on any atom is -0.387 e. The van der Waals surface area contributed by atoms with Crippen molar-refractivity contribution in [2.24, 2.45) is 0 Å². The monoisotopic (exact) mass is 142 g/mol. The normalized spacial score (nSPS) is 9.30. The van der Waals surface area contributed by atoms with Gasteiger partial charge in [0.15, 0.2) is 5.82 Å². The van der Waals surface area contributed by atoms with Gasteiger partial charge in [0.1, 0.15) is 12.9 Å². The summed E-state index contributed by atoms with van der Waals surface area (Å²) in [6.07, 6.45) is 1.33. The number of nitrogens with zero attached hydrogens (tertiary/aromatic N) is 1. The van der Waals surface area contributed by atoms with Crippen LogP contribution in [0, 0.1) is 0 Å². The number of carbonyl (C=O) groups is 1. The molecule has 0 aromatic carbocycles. The first-order valence-corrected chi connectivity index (χ1v) is 2.64. The Morgan fingerprint density at radius 1 is 1.90 bits per heavy atom. The van der Waals surface area contributed by atoms with Gasteiger partial charge >= 0.3 is 0 Å². The number of aliphatic hydroxyl groups is 1. The van der Waals surface area contributed by atoms with E-state index in [1.54, 1.807) is 0 Å². The molecular weight excluding hydrogens is 136 g/mol. The first-order valence-electron chi connectivity index (χ1n) is 2.64. The van der Waals surface area contributed by atoms with Gasteiger partial charge in [-0.15, -0.1) is 0 Å². The fourth-order valence-corrected chi connectivity index (χ4v) is 0.459. The molecule has 0 aliphatic rings. The molecule has 5 heteroatoms. The predicted octanol–water partition coefficient (Wildman–Crippen LogP) is -0.395. The first-order chi connectivity index (χ1) is 4.83. The number of rotatable bonds is 2. The Bertz CT molecular complexity index is 207. The van der Waals surface area contributed by atoms with Crippen LogP contribution in [-0.4, -0.2) is 22.8 Å². The topological polar surface area (TPSA) is 75.4 Å². The Morgan fingerprint density at radius 3 is 3.20 bits per heavy atom. The number of carbonyl (C=O) groups excluding carboxylic acids is 1. The van der Waals surface area contributed by atoms with Crippen molar-refractivity contribution >= 4 is 11.7 Å². The maximum atomic E-state index is 10.4. The van der Waals surface area contributed by atoms with E-state index in [0.29, 0.717) is 5.82 Å². The van der Waals surface area contributed by atoms with Crippen molar-refractivity contribution in [3.8, 4) is 0 Å². The Morgan fingerprint density at radius 2 is 2.70 bits per heavy atom. The van der Waals surface area contributed by atoms with Crippen LogP contribution >= 0.6 is 0 Å². The van der Waals surface area contributed by atoms with Crippen molar-refractivity contribution in [3.63, 3.8) is 0 Å². The van der Waals surface area contributed by atoms with Gasteiger partial charge in [0.25, 0.3) is 5.91 Å². The molecular formula is C5H6N2O3. The van der Waals surface area contributed by atoms with E-state index >= 15 is 0 Å². The first kappa shape index (κ1) is 6.76. The molecule has 2 N–H and O–H groups in total. The summed E-state index contributed by atoms with van der Waals surface area (Å²) >= 11 is 0. The van der Waals surface area contributed by atoms with Crippen LogP contribution in [0.2, 0.25) is 0 Å². The van der Waals surface area contributed by atoms with Gasteiger partial charge in [-0.1, -0.05) is 5.16 Å². The van der Waals surface area contributed by atoms with E-state index in [-0.39, 0.29) is 0 Å². The number of anilines is 1. The summed E-state index contributed by atoms with van der Waals surface area (Å²) in [6.45, 7) is -0.549. The van der Waals surface area contributed by atoms with E-state index < -0.39 is 12.5 Å². The fraction of sp³-hybridized carbons (Fsp3) is 0.200. The van der Waals surface area contributed by atoms with E-state index in [1.807, 2.05) is 0 Å². The van der Waals surface area contributed by atoms with E-state index in [1.165, 1.54) is 12.3 Å². The lowest BCUT2D eigenvalue weighted by atomic mass is 10.6. The molecule has 1 rings (SSSR count). The molecule has 10 heavy (non-hydrogen) atoms. The summed E-state index contributed by atoms with van der Waals surface area (Å²) in [7, 11) is 0. The van der Waals surface area contributed by atoms with Crippen molar-refractivity contribution in [2.45, 2.75) is 0 Å². The van der Waals surface area contributed by atoms with Crippen molar-refractivity contribution in [1.82, 2.24) is 5.16 Å². The lowest BCUT2D eigenvalue weighted by Crippen LogP contribution is -2.15. The largest absolute Gasteiger partial charge is 0.387 e. The van der Waals surface area contributed by atoms with E-state index in [4.69, 9.17) is 5.11 Å². The van der Waals surface area contributed by atoms with Gasteiger partial charge in [-0.3, -0.25) is 4.79 Å². The predicted molar refractivity (Wildman–Crippen MR) is 32.2 cm³/mol. The molecule has 5 nitrogen and oxygen atoms in total. The summed E-state index contributed by atoms with van der Waals surface area (Å²) in [5.41, 5.74) is 0. The molecule has 54 valence electrons. The smallest absolute Gasteiger partial charge is 0.251 e. The Labute approximate surface area is 56.6 Å². The summed E-state index contributed by atoms with van der Waals surface area (Å²) in [5, 5.41) is 13.9. The second-order valence-corrected chi connectivity index (χ2v) is 1.59. The zero-order valence-corrected chi connectivity index (χ0v) is 5.07. The van der Waals surface area contributed by atoms with Crippen LogP contribution in [-0.2, 0) is 4.79 Å². The van der Waals surface area contributed by atoms with Gasteiger partial charge in [0, 0.05) is 6.07 Å². The molecule has 1 heterocycles. The molecule has 1 aromatic rings. The third-order valence-corrected chi connectivity index (χ3v) is 0.849. The molecule has 0 fully saturated rings. The second-order valence-electron chi connectivity index (χ2n) is 1.59. The molecule has 0 spiro atoms. The molecule has 0 atom stereocenters. The lowest BCUT2D eigenvalue weighted by Gasteiger charge is -1.93. The highest BCUT2D eigenvalue weighted by molar-refractivity contribution is 5.90. The van der Waals surface area contributed by atoms with Gasteiger partial charge in [-0.25, -0.2) is 0 Å². The molecule has 0 radical (unpaired) electrons. The fourth-order valence-electron chi connectivity index (χ4n) is 0.459. The molecule has 0 bridgehead atoms. The quantitative estimate of drug-likeness (QED) is 0.589. The highest BCUT2D eigenvalue weighted by atomic mass is 16.5. The Balaban J connectivity index is 2.48. The van der Waals surface area contributed by atoms with Crippen LogP contribution in [0.25, 0.3) is 0 Å². The van der Waals surface area contributed by atoms with Crippen molar-refractivity contribution < 1.29 is 14.4 Å². The molecule has 0 saturated carbocycles. The summed E-state index contributed by atoms with van der Waals surface area (Å²) < 4.78 is 4.41. The standard InChI is InChI=1S/C5H6N2O3/c8-3-5(9)6-4-1-2-10-7-4/h1-2,8H,3H2,(H,6,7,9). The Hall–Kier alpha value is -1.36. The number of amides is 1. The van der Waals surface area contributed by atoms with Gasteiger partial charge in [0.2, 0.25) is 0 Å². The average molecular weight is 142 g/mol. The molecule has 0 saturated heterocycles. The molecule has 0 unspecified atom stereocenters. The summed E-state index contributed by atoms with van der Waals surface area (Å²) in [4.78, 5) is 10.4. The zero-order chi connectivity index (χ0) is 7.40. The molecule has 0 aliphatic heterocycles. The van der Waals surface area contributed by atoms with Crippen LogP contribution in [0.1, 0.15) is 0 Å². The van der Waals surface area contributed by atoms with Crippen LogP contribution in [0.3, 0.4) is 0 Å². The van der Waals surface area contributed by atoms with E-state index in [0.717, 1.165) is 0 Å². The highest BCUT2D eigenvalue weighted by Crippen LogP contribution is 1.99. The average Bonchev–Trinajstić information content (AvgIpc) is 2.40. The lowest BCUT2D eigenvalue weighted by molar-refractivity contribution is -0.118. The third kappa shape index (κ3) is 1.56. The van der Waals surface area contributed by atoms with Crippen LogP contribution in [0.4, 0.5) is 5.82 Å². The minimum absolute atomic E-state index is 0.305. The van der Waals surface area contributed by atoms with Crippen LogP contribution in [0.15, 0.2) is 16.9 Å². The number of hydrogen-bond acceptors (Lipinski definition) is 4. The van der Waals surface area contributed by atoms with Crippen LogP contribution in [0.5, 0.6) is 0 Å². The molecule has 1 amide bonds. The van der Waals surface area contributed by atoms with Crippen molar-refractivity contribution in [3.05, 3.63) is 12.3 Å². The highest BCUT2D eigenvalue weighted by Gasteiger charge is 2.00. The zero-order valence-electron chi connectivity index (χ0n) is 5.07. The number of nitrogens with one attached hydrogen (secondary N) is 1. The van der Waals surface area contributed by atoms with Crippen molar-refractivity contribution in [1.29, 1.82) is 0 Å². The van der Waals surface area contributed by atoms with E-state index in [2.05, 4.69) is 15.0 Å². The summed E-state index contributed by atoms with van der Waals surface area (Å²) in [5.74, 6) is -0.201. The third-order valence-electron chi connectivity index (χ3n) is 0.849. The van der Waals surface area contributed by atoms with Gasteiger partial charge in [-0.2, -0.15) is 0 Å². The van der Waals surface area contributed by atoms with Crippen molar-refractivity contribution in [2.75, 3.05) is 11.9 Å². The van der Waals surface area contributed by atoms with Gasteiger partial charge < -0.3 is 14.9 Å².